The van der Waals surface area contributed by atoms with Crippen LogP contribution in [0.25, 0.3) is 0 Å². The van der Waals surface area contributed by atoms with Gasteiger partial charge >= 0.3 is 0 Å². The predicted molar refractivity (Wildman–Crippen MR) is 91.4 cm³/mol. The fourth-order valence-corrected chi connectivity index (χ4v) is 3.34. The minimum absolute atomic E-state index is 0.335. The minimum Gasteiger partial charge on any atom is -0.497 e. The normalized spacial score (nSPS) is 12.2. The summed E-state index contributed by atoms with van der Waals surface area (Å²) in [5.74, 6) is 1.92. The molecule has 21 heavy (non-hydrogen) atoms. The molecular formula is C18H23NOS. The van der Waals surface area contributed by atoms with Crippen molar-refractivity contribution in [2.45, 2.75) is 24.8 Å². The number of hydrogen-bond donors (Lipinski definition) is 1. The molecule has 1 N–H and O–H groups in total. The summed E-state index contributed by atoms with van der Waals surface area (Å²) in [7, 11) is 3.72. The van der Waals surface area contributed by atoms with Gasteiger partial charge < -0.3 is 10.1 Å². The molecule has 0 aliphatic rings. The highest BCUT2D eigenvalue weighted by atomic mass is 32.2. The summed E-state index contributed by atoms with van der Waals surface area (Å²) in [5.41, 5.74) is 3.90. The van der Waals surface area contributed by atoms with Crippen molar-refractivity contribution in [1.29, 1.82) is 0 Å². The van der Waals surface area contributed by atoms with Gasteiger partial charge in [0, 0.05) is 16.7 Å². The smallest absolute Gasteiger partial charge is 0.119 e. The number of nitrogens with one attached hydrogen (secondary N) is 1. The zero-order chi connectivity index (χ0) is 15.2. The van der Waals surface area contributed by atoms with Gasteiger partial charge in [0.25, 0.3) is 0 Å². The summed E-state index contributed by atoms with van der Waals surface area (Å²) in [4.78, 5) is 1.31. The Morgan fingerprint density at radius 2 is 1.81 bits per heavy atom. The number of rotatable bonds is 6. The molecule has 2 nitrogen and oxygen atoms in total. The number of ether oxygens (including phenoxy) is 1. The monoisotopic (exact) mass is 301 g/mol. The number of aryl methyl sites for hydroxylation is 2. The molecule has 0 fully saturated rings. The molecule has 1 unspecified atom stereocenters. The Morgan fingerprint density at radius 1 is 1.10 bits per heavy atom. The first-order valence-electron chi connectivity index (χ1n) is 7.15. The van der Waals surface area contributed by atoms with Gasteiger partial charge in [-0.2, -0.15) is 0 Å². The van der Waals surface area contributed by atoms with Crippen LogP contribution in [-0.4, -0.2) is 19.9 Å². The minimum atomic E-state index is 0.335. The molecule has 2 aromatic carbocycles. The number of hydrogen-bond acceptors (Lipinski definition) is 3. The van der Waals surface area contributed by atoms with Gasteiger partial charge in [0.2, 0.25) is 0 Å². The maximum atomic E-state index is 5.28. The van der Waals surface area contributed by atoms with Gasteiger partial charge in [-0.15, -0.1) is 11.8 Å². The lowest BCUT2D eigenvalue weighted by Crippen LogP contribution is -2.19. The molecule has 0 saturated carbocycles. The van der Waals surface area contributed by atoms with Crippen molar-refractivity contribution < 1.29 is 4.74 Å². The quantitative estimate of drug-likeness (QED) is 0.801. The summed E-state index contributed by atoms with van der Waals surface area (Å²) in [6, 6.07) is 15.3. The van der Waals surface area contributed by atoms with Crippen LogP contribution in [0.4, 0.5) is 0 Å². The van der Waals surface area contributed by atoms with Gasteiger partial charge in [-0.3, -0.25) is 0 Å². The van der Waals surface area contributed by atoms with Gasteiger partial charge in [-0.1, -0.05) is 23.8 Å². The fraction of sp³-hybridized carbons (Fsp3) is 0.333. The summed E-state index contributed by atoms with van der Waals surface area (Å²) in [5, 5.41) is 3.42. The maximum Gasteiger partial charge on any atom is 0.119 e. The first-order valence-corrected chi connectivity index (χ1v) is 8.14. The molecule has 0 amide bonds. The van der Waals surface area contributed by atoms with E-state index >= 15 is 0 Å². The first kappa shape index (κ1) is 15.9. The summed E-state index contributed by atoms with van der Waals surface area (Å²) < 4.78 is 5.28. The molecular weight excluding hydrogens is 278 g/mol. The van der Waals surface area contributed by atoms with Gasteiger partial charge in [0.05, 0.1) is 7.11 Å². The second-order valence-electron chi connectivity index (χ2n) is 5.19. The van der Waals surface area contributed by atoms with Crippen LogP contribution >= 0.6 is 11.8 Å². The standard InChI is InChI=1S/C18H23NOS/c1-13-5-8-16(9-6-13)21-12-18(19-3)17-10-7-15(20-4)11-14(17)2/h5-11,18-19H,12H2,1-4H3. The highest BCUT2D eigenvalue weighted by molar-refractivity contribution is 7.99. The van der Waals surface area contributed by atoms with Crippen molar-refractivity contribution in [3.8, 4) is 5.75 Å². The highest BCUT2D eigenvalue weighted by Crippen LogP contribution is 2.28. The van der Waals surface area contributed by atoms with Crippen molar-refractivity contribution in [2.75, 3.05) is 19.9 Å². The molecule has 0 aromatic heterocycles. The van der Waals surface area contributed by atoms with Gasteiger partial charge in [-0.25, -0.2) is 0 Å². The molecule has 0 radical (unpaired) electrons. The number of benzene rings is 2. The summed E-state index contributed by atoms with van der Waals surface area (Å²) in [6.07, 6.45) is 0. The Bertz CT molecular complexity index is 580. The molecule has 1 atom stereocenters. The lowest BCUT2D eigenvalue weighted by Gasteiger charge is -2.19. The van der Waals surface area contributed by atoms with E-state index in [0.717, 1.165) is 11.5 Å². The zero-order valence-corrected chi connectivity index (χ0v) is 14.0. The average Bonchev–Trinajstić information content (AvgIpc) is 2.50. The van der Waals surface area contributed by atoms with Crippen molar-refractivity contribution in [3.63, 3.8) is 0 Å². The Morgan fingerprint density at radius 3 is 2.38 bits per heavy atom. The van der Waals surface area contributed by atoms with Crippen LogP contribution in [0.2, 0.25) is 0 Å². The van der Waals surface area contributed by atoms with Crippen LogP contribution < -0.4 is 10.1 Å². The molecule has 0 heterocycles. The largest absolute Gasteiger partial charge is 0.497 e. The van der Waals surface area contributed by atoms with E-state index in [-0.39, 0.29) is 0 Å². The van der Waals surface area contributed by atoms with E-state index in [0.29, 0.717) is 6.04 Å². The predicted octanol–water partition coefficient (Wildman–Crippen LogP) is 4.36. The second kappa shape index (κ2) is 7.53. The number of methoxy groups -OCH3 is 1. The number of thioether (sulfide) groups is 1. The lowest BCUT2D eigenvalue weighted by molar-refractivity contribution is 0.414. The van der Waals surface area contributed by atoms with Gasteiger partial charge in [0.1, 0.15) is 5.75 Å². The van der Waals surface area contributed by atoms with E-state index in [1.54, 1.807) is 7.11 Å². The van der Waals surface area contributed by atoms with Crippen LogP contribution in [0, 0.1) is 13.8 Å². The highest BCUT2D eigenvalue weighted by Gasteiger charge is 2.13. The zero-order valence-electron chi connectivity index (χ0n) is 13.1. The molecule has 0 spiro atoms. The van der Waals surface area contributed by atoms with Gasteiger partial charge in [-0.05, 0) is 56.3 Å². The molecule has 0 aliphatic heterocycles. The van der Waals surface area contributed by atoms with Crippen molar-refractivity contribution >= 4 is 11.8 Å². The van der Waals surface area contributed by atoms with Crippen molar-refractivity contribution in [2.24, 2.45) is 0 Å². The van der Waals surface area contributed by atoms with Crippen LogP contribution in [-0.2, 0) is 0 Å². The van der Waals surface area contributed by atoms with E-state index in [9.17, 15) is 0 Å². The molecule has 0 bridgehead atoms. The average molecular weight is 301 g/mol. The van der Waals surface area contributed by atoms with E-state index in [2.05, 4.69) is 55.6 Å². The summed E-state index contributed by atoms with van der Waals surface area (Å²) >= 11 is 1.88. The van der Waals surface area contributed by atoms with E-state index in [4.69, 9.17) is 4.74 Å². The molecule has 0 saturated heterocycles. The van der Waals surface area contributed by atoms with Crippen LogP contribution in [0.5, 0.6) is 5.75 Å². The van der Waals surface area contributed by atoms with Crippen LogP contribution in [0.1, 0.15) is 22.7 Å². The van der Waals surface area contributed by atoms with E-state index in [1.807, 2.05) is 24.9 Å². The van der Waals surface area contributed by atoms with E-state index in [1.165, 1.54) is 21.6 Å². The molecule has 0 aliphatic carbocycles. The Kier molecular flexibility index (Phi) is 5.71. The third kappa shape index (κ3) is 4.26. The maximum absolute atomic E-state index is 5.28. The summed E-state index contributed by atoms with van der Waals surface area (Å²) in [6.45, 7) is 4.25. The topological polar surface area (TPSA) is 21.3 Å². The molecule has 112 valence electrons. The first-order chi connectivity index (χ1) is 10.1. The third-order valence-corrected chi connectivity index (χ3v) is 4.74. The van der Waals surface area contributed by atoms with Crippen molar-refractivity contribution in [1.82, 2.24) is 5.32 Å². The Hall–Kier alpha value is -1.45. The molecule has 2 rings (SSSR count). The SMILES string of the molecule is CNC(CSc1ccc(C)cc1)c1ccc(OC)cc1C. The molecule has 3 heteroatoms. The Labute approximate surface area is 131 Å². The van der Waals surface area contributed by atoms with E-state index < -0.39 is 0 Å². The second-order valence-corrected chi connectivity index (χ2v) is 6.28. The van der Waals surface area contributed by atoms with Gasteiger partial charge in [0.15, 0.2) is 0 Å². The Balaban J connectivity index is 2.07. The van der Waals surface area contributed by atoms with Crippen LogP contribution in [0.15, 0.2) is 47.4 Å². The van der Waals surface area contributed by atoms with Crippen molar-refractivity contribution in [3.05, 3.63) is 59.2 Å². The van der Waals surface area contributed by atoms with Crippen LogP contribution in [0.3, 0.4) is 0 Å². The molecule has 2 aromatic rings. The lowest BCUT2D eigenvalue weighted by atomic mass is 10.0. The fourth-order valence-electron chi connectivity index (χ4n) is 2.31. The third-order valence-electron chi connectivity index (χ3n) is 3.64.